The number of para-hydroxylation sites is 1. The van der Waals surface area contributed by atoms with Crippen LogP contribution in [0.2, 0.25) is 0 Å². The summed E-state index contributed by atoms with van der Waals surface area (Å²) < 4.78 is 0. The maximum atomic E-state index is 12.9. The number of hydrogen-bond acceptors (Lipinski definition) is 3. The summed E-state index contributed by atoms with van der Waals surface area (Å²) in [6.45, 7) is 3.13. The number of aromatic nitrogens is 1. The molecule has 2 amide bonds. The second kappa shape index (κ2) is 9.64. The molecular formula is C24H25N3O2. The molecule has 0 atom stereocenters. The van der Waals surface area contributed by atoms with Crippen LogP contribution in [0.15, 0.2) is 79.1 Å². The third-order valence-electron chi connectivity index (χ3n) is 4.84. The molecule has 1 heterocycles. The maximum absolute atomic E-state index is 12.9. The van der Waals surface area contributed by atoms with Gasteiger partial charge in [-0.3, -0.25) is 14.6 Å². The highest BCUT2D eigenvalue weighted by atomic mass is 16.2. The van der Waals surface area contributed by atoms with E-state index >= 15 is 0 Å². The monoisotopic (exact) mass is 387 g/mol. The van der Waals surface area contributed by atoms with Crippen molar-refractivity contribution >= 4 is 17.5 Å². The molecule has 0 unspecified atom stereocenters. The Labute approximate surface area is 171 Å². The molecule has 0 N–H and O–H groups in total. The van der Waals surface area contributed by atoms with E-state index in [9.17, 15) is 9.59 Å². The van der Waals surface area contributed by atoms with Gasteiger partial charge in [0, 0.05) is 49.3 Å². The minimum Gasteiger partial charge on any atom is -0.341 e. The molecule has 1 aromatic heterocycles. The molecule has 148 valence electrons. The van der Waals surface area contributed by atoms with E-state index in [4.69, 9.17) is 0 Å². The van der Waals surface area contributed by atoms with Gasteiger partial charge in [0.25, 0.3) is 11.8 Å². The van der Waals surface area contributed by atoms with Gasteiger partial charge in [-0.2, -0.15) is 0 Å². The number of rotatable bonds is 7. The number of carbonyl (C=O) groups is 2. The van der Waals surface area contributed by atoms with Crippen molar-refractivity contribution in [3.63, 3.8) is 0 Å². The van der Waals surface area contributed by atoms with Crippen molar-refractivity contribution in [2.24, 2.45) is 0 Å². The van der Waals surface area contributed by atoms with E-state index in [1.54, 1.807) is 53.5 Å². The Morgan fingerprint density at radius 1 is 0.828 bits per heavy atom. The standard InChI is InChI=1S/C24H25N3O2/c1-3-27(22-7-5-4-6-8-22)24(29)21-11-9-20(10-12-21)23(28)26(2)18-15-19-13-16-25-17-14-19/h4-14,16-17H,3,15,18H2,1-2H3. The van der Waals surface area contributed by atoms with Crippen molar-refractivity contribution < 1.29 is 9.59 Å². The van der Waals surface area contributed by atoms with Crippen molar-refractivity contribution in [3.05, 3.63) is 95.8 Å². The fraction of sp³-hybridized carbons (Fsp3) is 0.208. The molecule has 0 fully saturated rings. The van der Waals surface area contributed by atoms with Crippen LogP contribution in [-0.2, 0) is 6.42 Å². The summed E-state index contributed by atoms with van der Waals surface area (Å²) in [6, 6.07) is 20.4. The first-order valence-electron chi connectivity index (χ1n) is 9.71. The zero-order chi connectivity index (χ0) is 20.6. The molecule has 0 aliphatic carbocycles. The van der Waals surface area contributed by atoms with Crippen molar-refractivity contribution in [2.75, 3.05) is 25.0 Å². The van der Waals surface area contributed by atoms with Crippen LogP contribution >= 0.6 is 0 Å². The van der Waals surface area contributed by atoms with Crippen molar-refractivity contribution in [2.45, 2.75) is 13.3 Å². The van der Waals surface area contributed by atoms with Crippen LogP contribution in [0, 0.1) is 0 Å². The van der Waals surface area contributed by atoms with E-state index in [0.717, 1.165) is 17.7 Å². The highest BCUT2D eigenvalue weighted by molar-refractivity contribution is 6.06. The maximum Gasteiger partial charge on any atom is 0.258 e. The van der Waals surface area contributed by atoms with Crippen LogP contribution < -0.4 is 4.90 Å². The summed E-state index contributed by atoms with van der Waals surface area (Å²) in [5.74, 6) is -0.141. The lowest BCUT2D eigenvalue weighted by molar-refractivity contribution is 0.0796. The second-order valence-electron chi connectivity index (χ2n) is 6.79. The molecule has 0 bridgehead atoms. The zero-order valence-corrected chi connectivity index (χ0v) is 16.8. The molecule has 2 aromatic carbocycles. The normalized spacial score (nSPS) is 10.4. The summed E-state index contributed by atoms with van der Waals surface area (Å²) in [6.07, 6.45) is 4.27. The van der Waals surface area contributed by atoms with Crippen molar-refractivity contribution in [1.82, 2.24) is 9.88 Å². The molecule has 0 saturated carbocycles. The Balaban J connectivity index is 1.65. The molecule has 5 nitrogen and oxygen atoms in total. The van der Waals surface area contributed by atoms with Crippen molar-refractivity contribution in [1.29, 1.82) is 0 Å². The van der Waals surface area contributed by atoms with E-state index in [-0.39, 0.29) is 11.8 Å². The van der Waals surface area contributed by atoms with Crippen LogP contribution in [-0.4, -0.2) is 41.8 Å². The Bertz CT molecular complexity index is 941. The highest BCUT2D eigenvalue weighted by Crippen LogP contribution is 2.17. The number of anilines is 1. The fourth-order valence-corrected chi connectivity index (χ4v) is 3.13. The van der Waals surface area contributed by atoms with Gasteiger partial charge in [0.15, 0.2) is 0 Å². The first kappa shape index (κ1) is 20.3. The number of benzene rings is 2. The minimum atomic E-state index is -0.0799. The van der Waals surface area contributed by atoms with E-state index in [1.807, 2.05) is 49.4 Å². The van der Waals surface area contributed by atoms with E-state index < -0.39 is 0 Å². The lowest BCUT2D eigenvalue weighted by Crippen LogP contribution is -2.31. The second-order valence-corrected chi connectivity index (χ2v) is 6.79. The number of pyridine rings is 1. The zero-order valence-electron chi connectivity index (χ0n) is 16.8. The van der Waals surface area contributed by atoms with Gasteiger partial charge in [-0.1, -0.05) is 18.2 Å². The summed E-state index contributed by atoms with van der Waals surface area (Å²) in [5, 5.41) is 0. The Morgan fingerprint density at radius 2 is 1.41 bits per heavy atom. The molecule has 29 heavy (non-hydrogen) atoms. The van der Waals surface area contributed by atoms with Gasteiger partial charge < -0.3 is 9.80 Å². The predicted octanol–water partition coefficient (Wildman–Crippen LogP) is 4.06. The van der Waals surface area contributed by atoms with Gasteiger partial charge in [-0.05, 0) is 67.4 Å². The van der Waals surface area contributed by atoms with E-state index in [0.29, 0.717) is 24.2 Å². The first-order valence-corrected chi connectivity index (χ1v) is 9.71. The SMILES string of the molecule is CCN(C(=O)c1ccc(C(=O)N(C)CCc2ccncc2)cc1)c1ccccc1. The number of likely N-dealkylation sites (N-methyl/N-ethyl adjacent to an activating group) is 1. The van der Waals surface area contributed by atoms with Gasteiger partial charge in [0.1, 0.15) is 0 Å². The average Bonchev–Trinajstić information content (AvgIpc) is 2.79. The van der Waals surface area contributed by atoms with Gasteiger partial charge >= 0.3 is 0 Å². The van der Waals surface area contributed by atoms with Crippen LogP contribution in [0.25, 0.3) is 0 Å². The van der Waals surface area contributed by atoms with Gasteiger partial charge in [-0.15, -0.1) is 0 Å². The lowest BCUT2D eigenvalue weighted by atomic mass is 10.1. The largest absolute Gasteiger partial charge is 0.341 e. The van der Waals surface area contributed by atoms with E-state index in [1.165, 1.54) is 0 Å². The Morgan fingerprint density at radius 3 is 2.00 bits per heavy atom. The summed E-state index contributed by atoms with van der Waals surface area (Å²) >= 11 is 0. The summed E-state index contributed by atoms with van der Waals surface area (Å²) in [7, 11) is 1.79. The topological polar surface area (TPSA) is 53.5 Å². The van der Waals surface area contributed by atoms with Crippen LogP contribution in [0.5, 0.6) is 0 Å². The minimum absolute atomic E-state index is 0.0616. The number of carbonyl (C=O) groups excluding carboxylic acids is 2. The van der Waals surface area contributed by atoms with Crippen molar-refractivity contribution in [3.8, 4) is 0 Å². The Hall–Kier alpha value is -3.47. The third-order valence-corrected chi connectivity index (χ3v) is 4.84. The average molecular weight is 387 g/mol. The van der Waals surface area contributed by atoms with Crippen LogP contribution in [0.4, 0.5) is 5.69 Å². The molecule has 3 rings (SSSR count). The van der Waals surface area contributed by atoms with E-state index in [2.05, 4.69) is 4.98 Å². The number of amides is 2. The number of nitrogens with zero attached hydrogens (tertiary/aromatic N) is 3. The molecule has 0 aliphatic rings. The molecular weight excluding hydrogens is 362 g/mol. The molecule has 0 saturated heterocycles. The molecule has 0 aliphatic heterocycles. The van der Waals surface area contributed by atoms with Gasteiger partial charge in [-0.25, -0.2) is 0 Å². The first-order chi connectivity index (χ1) is 14.1. The third kappa shape index (κ3) is 5.08. The summed E-state index contributed by atoms with van der Waals surface area (Å²) in [5.41, 5.74) is 3.13. The molecule has 3 aromatic rings. The smallest absolute Gasteiger partial charge is 0.258 e. The van der Waals surface area contributed by atoms with Gasteiger partial charge in [0.05, 0.1) is 0 Å². The van der Waals surface area contributed by atoms with Gasteiger partial charge in [0.2, 0.25) is 0 Å². The molecule has 5 heteroatoms. The highest BCUT2D eigenvalue weighted by Gasteiger charge is 2.17. The Kier molecular flexibility index (Phi) is 6.74. The van der Waals surface area contributed by atoms with Crippen LogP contribution in [0.3, 0.4) is 0 Å². The van der Waals surface area contributed by atoms with Crippen LogP contribution in [0.1, 0.15) is 33.2 Å². The quantitative estimate of drug-likeness (QED) is 0.614. The lowest BCUT2D eigenvalue weighted by Gasteiger charge is -2.21. The number of hydrogen-bond donors (Lipinski definition) is 0. The fourth-order valence-electron chi connectivity index (χ4n) is 3.13. The summed E-state index contributed by atoms with van der Waals surface area (Å²) in [4.78, 5) is 33.0. The predicted molar refractivity (Wildman–Crippen MR) is 115 cm³/mol. The molecule has 0 radical (unpaired) electrons. The molecule has 0 spiro atoms.